The highest BCUT2D eigenvalue weighted by Crippen LogP contribution is 2.09. The standard InChI is InChI=1S/C13H14O3/c1-3-16-13(15)12-6-4-11(5-7-12)8-10(2)9-14/h4-9H,3H2,1-2H3. The molecule has 0 radical (unpaired) electrons. The lowest BCUT2D eigenvalue weighted by atomic mass is 10.1. The molecule has 0 fully saturated rings. The van der Waals surface area contributed by atoms with Crippen LogP contribution in [0.1, 0.15) is 29.8 Å². The predicted molar refractivity (Wildman–Crippen MR) is 62.1 cm³/mol. The number of hydrogen-bond donors (Lipinski definition) is 0. The van der Waals surface area contributed by atoms with Crippen LogP contribution in [0.2, 0.25) is 0 Å². The van der Waals surface area contributed by atoms with Gasteiger partial charge in [-0.05, 0) is 43.2 Å². The fraction of sp³-hybridized carbons (Fsp3) is 0.231. The van der Waals surface area contributed by atoms with Crippen LogP contribution in [0, 0.1) is 0 Å². The Morgan fingerprint density at radius 2 is 1.94 bits per heavy atom. The molecule has 0 atom stereocenters. The van der Waals surface area contributed by atoms with E-state index in [1.54, 1.807) is 44.2 Å². The average molecular weight is 218 g/mol. The molecule has 0 aromatic heterocycles. The SMILES string of the molecule is CCOC(=O)c1ccc(C=C(C)C=O)cc1. The summed E-state index contributed by atoms with van der Waals surface area (Å²) in [6.45, 7) is 3.86. The second kappa shape index (κ2) is 5.85. The summed E-state index contributed by atoms with van der Waals surface area (Å²) >= 11 is 0. The highest BCUT2D eigenvalue weighted by atomic mass is 16.5. The topological polar surface area (TPSA) is 43.4 Å². The van der Waals surface area contributed by atoms with Crippen LogP contribution in [0.3, 0.4) is 0 Å². The van der Waals surface area contributed by atoms with Crippen LogP contribution in [-0.4, -0.2) is 18.9 Å². The lowest BCUT2D eigenvalue weighted by molar-refractivity contribution is -0.104. The number of hydrogen-bond acceptors (Lipinski definition) is 3. The van der Waals surface area contributed by atoms with Crippen LogP contribution in [-0.2, 0) is 9.53 Å². The van der Waals surface area contributed by atoms with Crippen LogP contribution in [0.15, 0.2) is 29.8 Å². The van der Waals surface area contributed by atoms with E-state index in [0.29, 0.717) is 17.7 Å². The van der Waals surface area contributed by atoms with Crippen molar-refractivity contribution in [1.29, 1.82) is 0 Å². The number of allylic oxidation sites excluding steroid dienone is 1. The molecule has 84 valence electrons. The van der Waals surface area contributed by atoms with E-state index >= 15 is 0 Å². The molecule has 0 aliphatic carbocycles. The summed E-state index contributed by atoms with van der Waals surface area (Å²) in [5, 5.41) is 0. The summed E-state index contributed by atoms with van der Waals surface area (Å²) in [5.74, 6) is -0.329. The van der Waals surface area contributed by atoms with Crippen LogP contribution >= 0.6 is 0 Å². The molecule has 0 bridgehead atoms. The second-order valence-corrected chi connectivity index (χ2v) is 3.35. The lowest BCUT2D eigenvalue weighted by Crippen LogP contribution is -2.03. The quantitative estimate of drug-likeness (QED) is 0.443. The molecule has 0 heterocycles. The van der Waals surface area contributed by atoms with Crippen LogP contribution in [0.5, 0.6) is 0 Å². The Balaban J connectivity index is 2.83. The lowest BCUT2D eigenvalue weighted by Gasteiger charge is -2.01. The summed E-state index contributed by atoms with van der Waals surface area (Å²) in [6.07, 6.45) is 2.54. The van der Waals surface area contributed by atoms with Crippen molar-refractivity contribution in [3.05, 3.63) is 41.0 Å². The van der Waals surface area contributed by atoms with Crippen molar-refractivity contribution in [2.24, 2.45) is 0 Å². The van der Waals surface area contributed by atoms with Crippen LogP contribution in [0.4, 0.5) is 0 Å². The first-order valence-corrected chi connectivity index (χ1v) is 5.08. The van der Waals surface area contributed by atoms with E-state index in [2.05, 4.69) is 0 Å². The molecule has 1 aromatic carbocycles. The zero-order valence-electron chi connectivity index (χ0n) is 9.40. The molecule has 0 aliphatic rings. The second-order valence-electron chi connectivity index (χ2n) is 3.35. The summed E-state index contributed by atoms with van der Waals surface area (Å²) in [6, 6.07) is 6.92. The van der Waals surface area contributed by atoms with Gasteiger partial charge in [0.2, 0.25) is 0 Å². The monoisotopic (exact) mass is 218 g/mol. The first-order valence-electron chi connectivity index (χ1n) is 5.08. The summed E-state index contributed by atoms with van der Waals surface area (Å²) in [4.78, 5) is 21.8. The van der Waals surface area contributed by atoms with E-state index in [-0.39, 0.29) is 5.97 Å². The number of esters is 1. The molecular formula is C13H14O3. The van der Waals surface area contributed by atoms with E-state index in [1.807, 2.05) is 0 Å². The van der Waals surface area contributed by atoms with Gasteiger partial charge < -0.3 is 4.74 Å². The molecule has 3 heteroatoms. The molecule has 1 rings (SSSR count). The van der Waals surface area contributed by atoms with Crippen molar-refractivity contribution < 1.29 is 14.3 Å². The third-order valence-corrected chi connectivity index (χ3v) is 2.00. The molecule has 0 unspecified atom stereocenters. The number of ether oxygens (including phenoxy) is 1. The third-order valence-electron chi connectivity index (χ3n) is 2.00. The third kappa shape index (κ3) is 3.35. The number of carbonyl (C=O) groups excluding carboxylic acids is 2. The number of carbonyl (C=O) groups is 2. The summed E-state index contributed by atoms with van der Waals surface area (Å²) < 4.78 is 4.86. The Kier molecular flexibility index (Phi) is 4.45. The summed E-state index contributed by atoms with van der Waals surface area (Å²) in [5.41, 5.74) is 2.05. The van der Waals surface area contributed by atoms with Gasteiger partial charge in [-0.25, -0.2) is 4.79 Å². The maximum absolute atomic E-state index is 11.3. The molecule has 16 heavy (non-hydrogen) atoms. The predicted octanol–water partition coefficient (Wildman–Crippen LogP) is 2.47. The van der Waals surface area contributed by atoms with Gasteiger partial charge in [0.25, 0.3) is 0 Å². The van der Waals surface area contributed by atoms with Gasteiger partial charge in [0.15, 0.2) is 0 Å². The summed E-state index contributed by atoms with van der Waals surface area (Å²) in [7, 11) is 0. The van der Waals surface area contributed by atoms with E-state index in [0.717, 1.165) is 11.8 Å². The Labute approximate surface area is 94.7 Å². The Hall–Kier alpha value is -1.90. The van der Waals surface area contributed by atoms with Gasteiger partial charge in [0.1, 0.15) is 6.29 Å². The minimum Gasteiger partial charge on any atom is -0.462 e. The van der Waals surface area contributed by atoms with E-state index in [4.69, 9.17) is 4.74 Å². The van der Waals surface area contributed by atoms with Crippen molar-refractivity contribution in [3.63, 3.8) is 0 Å². The van der Waals surface area contributed by atoms with Gasteiger partial charge in [-0.3, -0.25) is 4.79 Å². The minimum atomic E-state index is -0.329. The Bertz CT molecular complexity index is 402. The normalized spacial score (nSPS) is 11.0. The highest BCUT2D eigenvalue weighted by molar-refractivity contribution is 5.90. The van der Waals surface area contributed by atoms with Gasteiger partial charge in [0, 0.05) is 0 Å². The van der Waals surface area contributed by atoms with E-state index in [9.17, 15) is 9.59 Å². The fourth-order valence-electron chi connectivity index (χ4n) is 1.23. The zero-order valence-corrected chi connectivity index (χ0v) is 9.40. The number of benzene rings is 1. The van der Waals surface area contributed by atoms with Gasteiger partial charge in [-0.2, -0.15) is 0 Å². The molecule has 0 amide bonds. The van der Waals surface area contributed by atoms with E-state index < -0.39 is 0 Å². The first kappa shape index (κ1) is 12.2. The van der Waals surface area contributed by atoms with Gasteiger partial charge >= 0.3 is 5.97 Å². The van der Waals surface area contributed by atoms with Crippen molar-refractivity contribution in [1.82, 2.24) is 0 Å². The van der Waals surface area contributed by atoms with Crippen molar-refractivity contribution >= 4 is 18.3 Å². The van der Waals surface area contributed by atoms with E-state index in [1.165, 1.54) is 0 Å². The molecule has 0 saturated heterocycles. The molecule has 0 N–H and O–H groups in total. The first-order chi connectivity index (χ1) is 7.67. The maximum atomic E-state index is 11.3. The molecular weight excluding hydrogens is 204 g/mol. The largest absolute Gasteiger partial charge is 0.462 e. The van der Waals surface area contributed by atoms with Crippen LogP contribution in [0.25, 0.3) is 6.08 Å². The molecule has 3 nitrogen and oxygen atoms in total. The van der Waals surface area contributed by atoms with Gasteiger partial charge in [-0.15, -0.1) is 0 Å². The minimum absolute atomic E-state index is 0.329. The van der Waals surface area contributed by atoms with Gasteiger partial charge in [0.05, 0.1) is 12.2 Å². The highest BCUT2D eigenvalue weighted by Gasteiger charge is 2.04. The van der Waals surface area contributed by atoms with Crippen molar-refractivity contribution in [3.8, 4) is 0 Å². The molecule has 0 aliphatic heterocycles. The zero-order chi connectivity index (χ0) is 12.0. The van der Waals surface area contributed by atoms with Crippen molar-refractivity contribution in [2.75, 3.05) is 6.61 Å². The van der Waals surface area contributed by atoms with Crippen LogP contribution < -0.4 is 0 Å². The Morgan fingerprint density at radius 1 is 1.31 bits per heavy atom. The van der Waals surface area contributed by atoms with Gasteiger partial charge in [-0.1, -0.05) is 12.1 Å². The van der Waals surface area contributed by atoms with Crippen molar-refractivity contribution in [2.45, 2.75) is 13.8 Å². The average Bonchev–Trinajstić information content (AvgIpc) is 2.30. The Morgan fingerprint density at radius 3 is 2.44 bits per heavy atom. The maximum Gasteiger partial charge on any atom is 0.338 e. The fourth-order valence-corrected chi connectivity index (χ4v) is 1.23. The molecule has 0 spiro atoms. The molecule has 0 saturated carbocycles. The smallest absolute Gasteiger partial charge is 0.338 e. The number of rotatable bonds is 4. The molecule has 1 aromatic rings. The number of aldehydes is 1.